The molecule has 1 spiro atoms. The predicted octanol–water partition coefficient (Wildman–Crippen LogP) is 1.85. The summed E-state index contributed by atoms with van der Waals surface area (Å²) >= 11 is 0. The number of nitrogens with zero attached hydrogens (tertiary/aromatic N) is 3. The van der Waals surface area contributed by atoms with Gasteiger partial charge in [-0.1, -0.05) is 0 Å². The molecule has 0 saturated carbocycles. The summed E-state index contributed by atoms with van der Waals surface area (Å²) in [4.78, 5) is 13.9. The van der Waals surface area contributed by atoms with Crippen molar-refractivity contribution in [3.05, 3.63) is 11.9 Å². The molecular formula is C14H19F3N4O3. The van der Waals surface area contributed by atoms with Crippen molar-refractivity contribution in [2.45, 2.75) is 24.6 Å². The molecule has 0 bridgehead atoms. The number of amides is 2. The predicted molar refractivity (Wildman–Crippen MR) is 77.5 cm³/mol. The van der Waals surface area contributed by atoms with E-state index >= 15 is 0 Å². The van der Waals surface area contributed by atoms with Gasteiger partial charge in [-0.2, -0.15) is 18.3 Å². The molecule has 0 aliphatic carbocycles. The number of carbonyl (C=O) groups is 1. The third kappa shape index (κ3) is 3.48. The SMILES string of the molecule is Cn1cc(NC(=O)N2CCOC3(CCOCC3)C2)c(C(F)(F)F)n1. The molecule has 1 aromatic heterocycles. The summed E-state index contributed by atoms with van der Waals surface area (Å²) in [6, 6.07) is -0.581. The first kappa shape index (κ1) is 17.0. The van der Waals surface area contributed by atoms with Crippen molar-refractivity contribution in [1.29, 1.82) is 0 Å². The number of rotatable bonds is 1. The number of morpholine rings is 1. The van der Waals surface area contributed by atoms with Gasteiger partial charge in [0.25, 0.3) is 0 Å². The number of urea groups is 1. The van der Waals surface area contributed by atoms with Crippen molar-refractivity contribution in [2.75, 3.05) is 38.2 Å². The quantitative estimate of drug-likeness (QED) is 0.841. The zero-order valence-corrected chi connectivity index (χ0v) is 13.2. The van der Waals surface area contributed by atoms with Crippen LogP contribution in [0.3, 0.4) is 0 Å². The lowest BCUT2D eigenvalue weighted by Crippen LogP contribution is -2.56. The van der Waals surface area contributed by atoms with Gasteiger partial charge in [-0.3, -0.25) is 4.68 Å². The highest BCUT2D eigenvalue weighted by Crippen LogP contribution is 2.34. The van der Waals surface area contributed by atoms with Crippen molar-refractivity contribution in [1.82, 2.24) is 14.7 Å². The number of hydrogen-bond acceptors (Lipinski definition) is 4. The Hall–Kier alpha value is -1.81. The topological polar surface area (TPSA) is 68.6 Å². The molecular weight excluding hydrogens is 329 g/mol. The van der Waals surface area contributed by atoms with Crippen LogP contribution < -0.4 is 5.32 Å². The summed E-state index contributed by atoms with van der Waals surface area (Å²) in [6.45, 7) is 2.12. The van der Waals surface area contributed by atoms with E-state index in [0.29, 0.717) is 45.8 Å². The van der Waals surface area contributed by atoms with Gasteiger partial charge in [0.1, 0.15) is 0 Å². The lowest BCUT2D eigenvalue weighted by Gasteiger charge is -2.44. The Morgan fingerprint density at radius 2 is 2.04 bits per heavy atom. The van der Waals surface area contributed by atoms with Crippen molar-refractivity contribution < 1.29 is 27.4 Å². The molecule has 0 unspecified atom stereocenters. The Morgan fingerprint density at radius 3 is 2.71 bits per heavy atom. The first-order valence-electron chi connectivity index (χ1n) is 7.68. The van der Waals surface area contributed by atoms with Gasteiger partial charge < -0.3 is 19.7 Å². The Kier molecular flexibility index (Phi) is 4.43. The summed E-state index contributed by atoms with van der Waals surface area (Å²) in [6.07, 6.45) is -2.16. The number of alkyl halides is 3. The molecule has 3 rings (SSSR count). The molecule has 134 valence electrons. The summed E-state index contributed by atoms with van der Waals surface area (Å²) in [7, 11) is 1.37. The minimum Gasteiger partial charge on any atom is -0.381 e. The maximum atomic E-state index is 13.0. The van der Waals surface area contributed by atoms with Crippen LogP contribution in [0.1, 0.15) is 18.5 Å². The lowest BCUT2D eigenvalue weighted by atomic mass is 9.92. The number of carbonyl (C=O) groups excluding carboxylic acids is 1. The Balaban J connectivity index is 1.71. The normalized spacial score (nSPS) is 21.1. The molecule has 1 N–H and O–H groups in total. The van der Waals surface area contributed by atoms with Gasteiger partial charge in [0.05, 0.1) is 24.4 Å². The van der Waals surface area contributed by atoms with E-state index in [0.717, 1.165) is 10.9 Å². The highest BCUT2D eigenvalue weighted by Gasteiger charge is 2.41. The second-order valence-corrected chi connectivity index (χ2v) is 6.06. The fourth-order valence-electron chi connectivity index (χ4n) is 3.05. The maximum absolute atomic E-state index is 13.0. The van der Waals surface area contributed by atoms with Crippen LogP contribution in [-0.2, 0) is 22.7 Å². The van der Waals surface area contributed by atoms with Crippen molar-refractivity contribution in [3.8, 4) is 0 Å². The number of aryl methyl sites for hydroxylation is 1. The Morgan fingerprint density at radius 1 is 1.33 bits per heavy atom. The van der Waals surface area contributed by atoms with E-state index in [1.807, 2.05) is 0 Å². The molecule has 2 amide bonds. The molecule has 0 atom stereocenters. The zero-order chi connectivity index (χ0) is 17.4. The Labute approximate surface area is 136 Å². The van der Waals surface area contributed by atoms with Gasteiger partial charge in [-0.15, -0.1) is 0 Å². The van der Waals surface area contributed by atoms with E-state index in [-0.39, 0.29) is 5.69 Å². The van der Waals surface area contributed by atoms with Gasteiger partial charge in [-0.05, 0) is 0 Å². The minimum absolute atomic E-state index is 0.329. The number of aromatic nitrogens is 2. The molecule has 2 aliphatic heterocycles. The zero-order valence-electron chi connectivity index (χ0n) is 13.2. The molecule has 1 aromatic rings. The monoisotopic (exact) mass is 348 g/mol. The van der Waals surface area contributed by atoms with E-state index in [1.54, 1.807) is 0 Å². The molecule has 3 heterocycles. The van der Waals surface area contributed by atoms with Crippen molar-refractivity contribution >= 4 is 11.7 Å². The standard InChI is InChI=1S/C14H19F3N4O3/c1-20-8-10(11(19-20)14(15,16)17)18-12(22)21-4-7-24-13(9-21)2-5-23-6-3-13/h8H,2-7,9H2,1H3,(H,18,22). The van der Waals surface area contributed by atoms with E-state index in [2.05, 4.69) is 10.4 Å². The molecule has 10 heteroatoms. The fraction of sp³-hybridized carbons (Fsp3) is 0.714. The first-order valence-corrected chi connectivity index (χ1v) is 7.68. The lowest BCUT2D eigenvalue weighted by molar-refractivity contribution is -0.144. The van der Waals surface area contributed by atoms with Crippen LogP contribution in [0.4, 0.5) is 23.7 Å². The average Bonchev–Trinajstić information content (AvgIpc) is 2.89. The smallest absolute Gasteiger partial charge is 0.381 e. The molecule has 2 fully saturated rings. The molecule has 24 heavy (non-hydrogen) atoms. The van der Waals surface area contributed by atoms with Crippen LogP contribution in [0.25, 0.3) is 0 Å². The summed E-state index contributed by atoms with van der Waals surface area (Å²) in [5.74, 6) is 0. The third-order valence-corrected chi connectivity index (χ3v) is 4.28. The Bertz CT molecular complexity index is 605. The second-order valence-electron chi connectivity index (χ2n) is 6.06. The minimum atomic E-state index is -4.63. The van der Waals surface area contributed by atoms with Crippen LogP contribution in [-0.4, -0.2) is 59.2 Å². The van der Waals surface area contributed by atoms with Gasteiger partial charge in [-0.25, -0.2) is 4.79 Å². The third-order valence-electron chi connectivity index (χ3n) is 4.28. The molecule has 0 radical (unpaired) electrons. The number of nitrogens with one attached hydrogen (secondary N) is 1. The number of ether oxygens (including phenoxy) is 2. The van der Waals surface area contributed by atoms with Crippen LogP contribution in [0.15, 0.2) is 6.20 Å². The average molecular weight is 348 g/mol. The summed E-state index contributed by atoms with van der Waals surface area (Å²) in [5, 5.41) is 5.71. The van der Waals surface area contributed by atoms with Gasteiger partial charge >= 0.3 is 12.2 Å². The summed E-state index contributed by atoms with van der Waals surface area (Å²) in [5.41, 5.74) is -1.91. The maximum Gasteiger partial charge on any atom is 0.437 e. The molecule has 2 saturated heterocycles. The largest absolute Gasteiger partial charge is 0.437 e. The van der Waals surface area contributed by atoms with Crippen molar-refractivity contribution in [2.24, 2.45) is 7.05 Å². The fourth-order valence-corrected chi connectivity index (χ4v) is 3.05. The van der Waals surface area contributed by atoms with E-state index in [9.17, 15) is 18.0 Å². The van der Waals surface area contributed by atoms with Gasteiger partial charge in [0.15, 0.2) is 5.69 Å². The van der Waals surface area contributed by atoms with Crippen LogP contribution >= 0.6 is 0 Å². The van der Waals surface area contributed by atoms with Crippen LogP contribution in [0.5, 0.6) is 0 Å². The van der Waals surface area contributed by atoms with Gasteiger partial charge in [0, 0.05) is 45.8 Å². The van der Waals surface area contributed by atoms with E-state index in [1.165, 1.54) is 11.9 Å². The van der Waals surface area contributed by atoms with E-state index in [4.69, 9.17) is 9.47 Å². The summed E-state index contributed by atoms with van der Waals surface area (Å²) < 4.78 is 51.1. The van der Waals surface area contributed by atoms with Crippen molar-refractivity contribution in [3.63, 3.8) is 0 Å². The first-order chi connectivity index (χ1) is 11.3. The highest BCUT2D eigenvalue weighted by molar-refractivity contribution is 5.90. The van der Waals surface area contributed by atoms with Gasteiger partial charge in [0.2, 0.25) is 0 Å². The van der Waals surface area contributed by atoms with Crippen LogP contribution in [0, 0.1) is 0 Å². The van der Waals surface area contributed by atoms with Crippen LogP contribution in [0.2, 0.25) is 0 Å². The molecule has 7 nitrogen and oxygen atoms in total. The number of halogens is 3. The second kappa shape index (κ2) is 6.25. The number of anilines is 1. The molecule has 0 aromatic carbocycles. The molecule has 2 aliphatic rings. The van der Waals surface area contributed by atoms with E-state index < -0.39 is 23.5 Å². The highest BCUT2D eigenvalue weighted by atomic mass is 19.4. The number of hydrogen-bond donors (Lipinski definition) is 1.